The predicted octanol–water partition coefficient (Wildman–Crippen LogP) is 4.27. The van der Waals surface area contributed by atoms with E-state index in [4.69, 9.17) is 5.73 Å². The molecule has 1 aliphatic carbocycles. The van der Waals surface area contributed by atoms with Crippen molar-refractivity contribution in [3.8, 4) is 0 Å². The highest BCUT2D eigenvalue weighted by Gasteiger charge is 2.36. The molecule has 0 aromatic heterocycles. The Morgan fingerprint density at radius 3 is 2.26 bits per heavy atom. The molecule has 0 bridgehead atoms. The van der Waals surface area contributed by atoms with Gasteiger partial charge in [-0.05, 0) is 50.0 Å². The van der Waals surface area contributed by atoms with E-state index in [0.29, 0.717) is 23.0 Å². The molecule has 2 N–H and O–H groups in total. The third-order valence-corrected chi connectivity index (χ3v) is 4.68. The highest BCUT2D eigenvalue weighted by atomic mass is 19.2. The van der Waals surface area contributed by atoms with Gasteiger partial charge >= 0.3 is 0 Å². The van der Waals surface area contributed by atoms with E-state index in [1.165, 1.54) is 0 Å². The Kier molecular flexibility index (Phi) is 3.95. The Labute approximate surface area is 114 Å². The van der Waals surface area contributed by atoms with Crippen LogP contribution in [0.2, 0.25) is 0 Å². The highest BCUT2D eigenvalue weighted by molar-refractivity contribution is 5.31. The summed E-state index contributed by atoms with van der Waals surface area (Å²) >= 11 is 0. The second kappa shape index (κ2) is 5.20. The third kappa shape index (κ3) is 2.66. The first-order chi connectivity index (χ1) is 8.85. The van der Waals surface area contributed by atoms with Gasteiger partial charge in [0, 0.05) is 11.1 Å². The van der Waals surface area contributed by atoms with E-state index < -0.39 is 17.2 Å². The van der Waals surface area contributed by atoms with E-state index in [0.717, 1.165) is 25.7 Å². The van der Waals surface area contributed by atoms with Gasteiger partial charge in [0.15, 0.2) is 11.6 Å². The average Bonchev–Trinajstić information content (AvgIpc) is 2.36. The van der Waals surface area contributed by atoms with Crippen molar-refractivity contribution in [2.45, 2.75) is 52.0 Å². The van der Waals surface area contributed by atoms with E-state index >= 15 is 0 Å². The summed E-state index contributed by atoms with van der Waals surface area (Å²) in [5, 5.41) is 0. The fraction of sp³-hybridized carbons (Fsp3) is 0.625. The molecule has 0 aliphatic heterocycles. The fourth-order valence-corrected chi connectivity index (χ4v) is 3.12. The average molecular weight is 267 g/mol. The number of hydrogen-bond acceptors (Lipinski definition) is 1. The molecule has 19 heavy (non-hydrogen) atoms. The van der Waals surface area contributed by atoms with Crippen LogP contribution in [0.15, 0.2) is 12.1 Å². The normalized spacial score (nSPS) is 27.8. The second-order valence-electron chi connectivity index (χ2n) is 6.30. The summed E-state index contributed by atoms with van der Waals surface area (Å²) < 4.78 is 27.8. The van der Waals surface area contributed by atoms with Crippen molar-refractivity contribution < 1.29 is 8.78 Å². The smallest absolute Gasteiger partial charge is 0.164 e. The van der Waals surface area contributed by atoms with Crippen molar-refractivity contribution >= 4 is 0 Å². The lowest BCUT2D eigenvalue weighted by Crippen LogP contribution is -2.42. The SMILES string of the molecule is Cc1ccc(C2(N)CCC(C(C)C)CC2)c(F)c1F. The molecule has 0 spiro atoms. The molecule has 0 amide bonds. The number of nitrogens with two attached hydrogens (primary N) is 1. The summed E-state index contributed by atoms with van der Waals surface area (Å²) in [5.74, 6) is -0.238. The van der Waals surface area contributed by atoms with Gasteiger partial charge in [-0.3, -0.25) is 0 Å². The van der Waals surface area contributed by atoms with Crippen LogP contribution in [0.5, 0.6) is 0 Å². The van der Waals surface area contributed by atoms with Crippen LogP contribution in [-0.2, 0) is 5.54 Å². The van der Waals surface area contributed by atoms with Gasteiger partial charge in [-0.2, -0.15) is 0 Å². The van der Waals surface area contributed by atoms with Crippen LogP contribution in [0.3, 0.4) is 0 Å². The van der Waals surface area contributed by atoms with Gasteiger partial charge in [0.1, 0.15) is 0 Å². The maximum absolute atomic E-state index is 14.1. The van der Waals surface area contributed by atoms with Crippen molar-refractivity contribution in [3.05, 3.63) is 34.9 Å². The minimum Gasteiger partial charge on any atom is -0.321 e. The zero-order valence-corrected chi connectivity index (χ0v) is 12.0. The van der Waals surface area contributed by atoms with Gasteiger partial charge in [-0.15, -0.1) is 0 Å². The summed E-state index contributed by atoms with van der Waals surface area (Å²) in [6, 6.07) is 3.28. The molecule has 0 unspecified atom stereocenters. The summed E-state index contributed by atoms with van der Waals surface area (Å²) in [5.41, 5.74) is 6.33. The summed E-state index contributed by atoms with van der Waals surface area (Å²) in [6.45, 7) is 5.99. The second-order valence-corrected chi connectivity index (χ2v) is 6.30. The zero-order valence-electron chi connectivity index (χ0n) is 12.0. The Morgan fingerprint density at radius 2 is 1.74 bits per heavy atom. The van der Waals surface area contributed by atoms with Crippen molar-refractivity contribution in [1.29, 1.82) is 0 Å². The van der Waals surface area contributed by atoms with Crippen LogP contribution in [0.1, 0.15) is 50.7 Å². The van der Waals surface area contributed by atoms with E-state index in [9.17, 15) is 8.78 Å². The molecule has 1 aliphatic rings. The van der Waals surface area contributed by atoms with Crippen LogP contribution in [-0.4, -0.2) is 0 Å². The predicted molar refractivity (Wildman–Crippen MR) is 73.8 cm³/mol. The molecule has 0 radical (unpaired) electrons. The van der Waals surface area contributed by atoms with Crippen LogP contribution >= 0.6 is 0 Å². The molecule has 0 atom stereocenters. The monoisotopic (exact) mass is 267 g/mol. The number of hydrogen-bond donors (Lipinski definition) is 1. The molecule has 2 rings (SSSR count). The lowest BCUT2D eigenvalue weighted by atomic mass is 9.70. The molecule has 106 valence electrons. The van der Waals surface area contributed by atoms with Crippen molar-refractivity contribution in [1.82, 2.24) is 0 Å². The highest BCUT2D eigenvalue weighted by Crippen LogP contribution is 2.41. The zero-order chi connectivity index (χ0) is 14.2. The first kappa shape index (κ1) is 14.4. The molecule has 3 heteroatoms. The van der Waals surface area contributed by atoms with Gasteiger partial charge in [0.2, 0.25) is 0 Å². The van der Waals surface area contributed by atoms with Crippen LogP contribution < -0.4 is 5.73 Å². The first-order valence-electron chi connectivity index (χ1n) is 7.09. The number of halogens is 2. The Hall–Kier alpha value is -0.960. The van der Waals surface area contributed by atoms with Gasteiger partial charge in [0.05, 0.1) is 0 Å². The molecule has 0 heterocycles. The molecule has 1 saturated carbocycles. The number of benzene rings is 1. The summed E-state index contributed by atoms with van der Waals surface area (Å²) in [6.07, 6.45) is 3.44. The lowest BCUT2D eigenvalue weighted by molar-refractivity contribution is 0.191. The number of aryl methyl sites for hydroxylation is 1. The standard InChI is InChI=1S/C16H23F2N/c1-10(2)12-6-8-16(19,9-7-12)13-5-4-11(3)14(17)15(13)18/h4-5,10,12H,6-9,19H2,1-3H3. The van der Waals surface area contributed by atoms with Crippen LogP contribution in [0.4, 0.5) is 8.78 Å². The Bertz CT molecular complexity index is 460. The van der Waals surface area contributed by atoms with Gasteiger partial charge in [-0.1, -0.05) is 26.0 Å². The third-order valence-electron chi connectivity index (χ3n) is 4.68. The topological polar surface area (TPSA) is 26.0 Å². The maximum Gasteiger partial charge on any atom is 0.164 e. The van der Waals surface area contributed by atoms with Crippen LogP contribution in [0.25, 0.3) is 0 Å². The van der Waals surface area contributed by atoms with Gasteiger partial charge in [0.25, 0.3) is 0 Å². The first-order valence-corrected chi connectivity index (χ1v) is 7.09. The molecule has 1 aromatic rings. The Balaban J connectivity index is 2.25. The molecule has 1 nitrogen and oxygen atoms in total. The molecule has 1 aromatic carbocycles. The van der Waals surface area contributed by atoms with E-state index in [1.807, 2.05) is 0 Å². The van der Waals surface area contributed by atoms with Crippen molar-refractivity contribution in [3.63, 3.8) is 0 Å². The van der Waals surface area contributed by atoms with E-state index in [2.05, 4.69) is 13.8 Å². The largest absolute Gasteiger partial charge is 0.321 e. The molecule has 1 fully saturated rings. The van der Waals surface area contributed by atoms with Crippen LogP contribution in [0, 0.1) is 30.4 Å². The van der Waals surface area contributed by atoms with E-state index in [-0.39, 0.29) is 0 Å². The lowest BCUT2D eigenvalue weighted by Gasteiger charge is -2.39. The molecular formula is C16H23F2N. The maximum atomic E-state index is 14.1. The fourth-order valence-electron chi connectivity index (χ4n) is 3.12. The van der Waals surface area contributed by atoms with Gasteiger partial charge in [-0.25, -0.2) is 8.78 Å². The number of rotatable bonds is 2. The summed E-state index contributed by atoms with van der Waals surface area (Å²) in [4.78, 5) is 0. The molecular weight excluding hydrogens is 244 g/mol. The minimum atomic E-state index is -0.759. The van der Waals surface area contributed by atoms with Gasteiger partial charge < -0.3 is 5.73 Å². The van der Waals surface area contributed by atoms with Crippen molar-refractivity contribution in [2.75, 3.05) is 0 Å². The van der Waals surface area contributed by atoms with Crippen molar-refractivity contribution in [2.24, 2.45) is 17.6 Å². The Morgan fingerprint density at radius 1 is 1.16 bits per heavy atom. The molecule has 0 saturated heterocycles. The minimum absolute atomic E-state index is 0.334. The summed E-state index contributed by atoms with van der Waals surface area (Å²) in [7, 11) is 0. The van der Waals surface area contributed by atoms with E-state index in [1.54, 1.807) is 19.1 Å². The quantitative estimate of drug-likeness (QED) is 0.850.